The fraction of sp³-hybridized carbons (Fsp3) is 0.727. The summed E-state index contributed by atoms with van der Waals surface area (Å²) in [4.78, 5) is 0. The Balaban J connectivity index is 2.19. The van der Waals surface area contributed by atoms with Crippen LogP contribution in [0.15, 0.2) is 4.47 Å². The van der Waals surface area contributed by atoms with Gasteiger partial charge in [0.05, 0.1) is 22.5 Å². The highest BCUT2D eigenvalue weighted by Gasteiger charge is 2.30. The van der Waals surface area contributed by atoms with Crippen LogP contribution in [0.4, 0.5) is 0 Å². The number of nitrogens with two attached hydrogens (primary N) is 1. The molecule has 2 heterocycles. The summed E-state index contributed by atoms with van der Waals surface area (Å²) in [6.07, 6.45) is 2.87. The lowest BCUT2D eigenvalue weighted by atomic mass is 9.88. The van der Waals surface area contributed by atoms with Crippen molar-refractivity contribution < 1.29 is 4.74 Å². The number of ether oxygens (including phenoxy) is 1. The zero-order valence-corrected chi connectivity index (χ0v) is 11.4. The molecule has 0 radical (unpaired) electrons. The Morgan fingerprint density at radius 1 is 1.62 bits per heavy atom. The molecule has 2 rings (SSSR count). The highest BCUT2D eigenvalue weighted by atomic mass is 79.9. The van der Waals surface area contributed by atoms with Crippen LogP contribution in [0.3, 0.4) is 0 Å². The maximum absolute atomic E-state index is 6.35. The van der Waals surface area contributed by atoms with Gasteiger partial charge in [0.15, 0.2) is 0 Å². The van der Waals surface area contributed by atoms with E-state index in [0.29, 0.717) is 6.61 Å². The number of nitrogens with zero attached hydrogens (tertiary/aromatic N) is 2. The lowest BCUT2D eigenvalue weighted by molar-refractivity contribution is 0.0374. The van der Waals surface area contributed by atoms with Crippen molar-refractivity contribution in [3.63, 3.8) is 0 Å². The minimum atomic E-state index is -0.235. The van der Waals surface area contributed by atoms with Gasteiger partial charge < -0.3 is 10.5 Å². The molecule has 1 saturated heterocycles. The van der Waals surface area contributed by atoms with E-state index in [9.17, 15) is 0 Å². The smallest absolute Gasteiger partial charge is 0.0738 e. The Kier molecular flexibility index (Phi) is 3.37. The monoisotopic (exact) mass is 287 g/mol. The van der Waals surface area contributed by atoms with E-state index in [1.54, 1.807) is 0 Å². The van der Waals surface area contributed by atoms with Crippen molar-refractivity contribution in [2.45, 2.75) is 31.7 Å². The van der Waals surface area contributed by atoms with Gasteiger partial charge in [-0.1, -0.05) is 0 Å². The number of hydrogen-bond donors (Lipinski definition) is 1. The van der Waals surface area contributed by atoms with Crippen molar-refractivity contribution in [3.8, 4) is 0 Å². The number of rotatable bonds is 2. The SMILES string of the molecule is Cc1nn(C)c(CC2(N)CCCOC2)c1Br. The van der Waals surface area contributed by atoms with Gasteiger partial charge in [0.1, 0.15) is 0 Å². The first kappa shape index (κ1) is 12.1. The van der Waals surface area contributed by atoms with E-state index < -0.39 is 0 Å². The average Bonchev–Trinajstić information content (AvgIpc) is 2.46. The van der Waals surface area contributed by atoms with Crippen LogP contribution in [0.5, 0.6) is 0 Å². The Morgan fingerprint density at radius 2 is 2.38 bits per heavy atom. The Hall–Kier alpha value is -0.390. The van der Waals surface area contributed by atoms with Crippen molar-refractivity contribution in [2.75, 3.05) is 13.2 Å². The van der Waals surface area contributed by atoms with E-state index in [4.69, 9.17) is 10.5 Å². The van der Waals surface area contributed by atoms with Gasteiger partial charge in [-0.2, -0.15) is 5.10 Å². The van der Waals surface area contributed by atoms with Crippen molar-refractivity contribution in [1.82, 2.24) is 9.78 Å². The summed E-state index contributed by atoms with van der Waals surface area (Å²) < 4.78 is 8.45. The molecule has 1 aromatic rings. The van der Waals surface area contributed by atoms with Crippen LogP contribution in [0.25, 0.3) is 0 Å². The lowest BCUT2D eigenvalue weighted by Crippen LogP contribution is -2.49. The van der Waals surface area contributed by atoms with Gasteiger partial charge in [0.2, 0.25) is 0 Å². The molecule has 0 aromatic carbocycles. The maximum Gasteiger partial charge on any atom is 0.0738 e. The molecule has 1 aromatic heterocycles. The summed E-state index contributed by atoms with van der Waals surface area (Å²) in [6.45, 7) is 3.47. The highest BCUT2D eigenvalue weighted by Crippen LogP contribution is 2.27. The Bertz CT molecular complexity index is 383. The van der Waals surface area contributed by atoms with Gasteiger partial charge in [-0.25, -0.2) is 0 Å². The molecule has 5 heteroatoms. The van der Waals surface area contributed by atoms with Crippen molar-refractivity contribution in [2.24, 2.45) is 12.8 Å². The van der Waals surface area contributed by atoms with Gasteiger partial charge in [0.25, 0.3) is 0 Å². The molecule has 1 aliphatic heterocycles. The first-order chi connectivity index (χ1) is 7.52. The van der Waals surface area contributed by atoms with E-state index in [-0.39, 0.29) is 5.54 Å². The molecule has 16 heavy (non-hydrogen) atoms. The van der Waals surface area contributed by atoms with Crippen LogP contribution in [0.2, 0.25) is 0 Å². The van der Waals surface area contributed by atoms with Crippen LogP contribution < -0.4 is 5.73 Å². The van der Waals surface area contributed by atoms with E-state index in [0.717, 1.165) is 41.7 Å². The summed E-state index contributed by atoms with van der Waals surface area (Å²) in [5.74, 6) is 0. The summed E-state index contributed by atoms with van der Waals surface area (Å²) >= 11 is 3.57. The predicted octanol–water partition coefficient (Wildman–Crippen LogP) is 1.54. The van der Waals surface area contributed by atoms with Crippen LogP contribution in [-0.2, 0) is 18.2 Å². The normalized spacial score (nSPS) is 26.0. The zero-order chi connectivity index (χ0) is 11.8. The molecule has 1 unspecified atom stereocenters. The molecule has 1 fully saturated rings. The fourth-order valence-corrected chi connectivity index (χ4v) is 2.70. The van der Waals surface area contributed by atoms with Gasteiger partial charge in [0, 0.05) is 25.6 Å². The van der Waals surface area contributed by atoms with Crippen LogP contribution in [0, 0.1) is 6.92 Å². The summed E-state index contributed by atoms with van der Waals surface area (Å²) in [5, 5.41) is 4.38. The quantitative estimate of drug-likeness (QED) is 0.898. The first-order valence-corrected chi connectivity index (χ1v) is 6.36. The van der Waals surface area contributed by atoms with Gasteiger partial charge in [-0.15, -0.1) is 0 Å². The third kappa shape index (κ3) is 2.31. The molecule has 1 atom stereocenters. The van der Waals surface area contributed by atoms with E-state index >= 15 is 0 Å². The van der Waals surface area contributed by atoms with E-state index in [2.05, 4.69) is 21.0 Å². The molecule has 0 spiro atoms. The Labute approximate surface area is 104 Å². The highest BCUT2D eigenvalue weighted by molar-refractivity contribution is 9.10. The number of halogens is 1. The molecule has 0 saturated carbocycles. The van der Waals surface area contributed by atoms with E-state index in [1.807, 2.05) is 18.7 Å². The molecular formula is C11H18BrN3O. The molecule has 90 valence electrons. The molecule has 4 nitrogen and oxygen atoms in total. The fourth-order valence-electron chi connectivity index (χ4n) is 2.22. The third-order valence-corrected chi connectivity index (χ3v) is 4.17. The molecule has 0 bridgehead atoms. The molecule has 0 aliphatic carbocycles. The van der Waals surface area contributed by atoms with E-state index in [1.165, 1.54) is 0 Å². The topological polar surface area (TPSA) is 53.1 Å². The summed E-state index contributed by atoms with van der Waals surface area (Å²) in [7, 11) is 1.96. The molecular weight excluding hydrogens is 270 g/mol. The second kappa shape index (κ2) is 4.47. The maximum atomic E-state index is 6.35. The molecule has 2 N–H and O–H groups in total. The van der Waals surface area contributed by atoms with Gasteiger partial charge in [-0.3, -0.25) is 4.68 Å². The lowest BCUT2D eigenvalue weighted by Gasteiger charge is -2.33. The predicted molar refractivity (Wildman–Crippen MR) is 66.3 cm³/mol. The van der Waals surface area contributed by atoms with Crippen molar-refractivity contribution in [3.05, 3.63) is 15.9 Å². The van der Waals surface area contributed by atoms with Gasteiger partial charge in [-0.05, 0) is 35.7 Å². The second-order valence-electron chi connectivity index (χ2n) is 4.66. The van der Waals surface area contributed by atoms with Crippen molar-refractivity contribution >= 4 is 15.9 Å². The molecule has 0 amide bonds. The minimum absolute atomic E-state index is 0.235. The average molecular weight is 288 g/mol. The third-order valence-electron chi connectivity index (χ3n) is 3.13. The number of aryl methyl sites for hydroxylation is 2. The Morgan fingerprint density at radius 3 is 2.88 bits per heavy atom. The largest absolute Gasteiger partial charge is 0.380 e. The molecule has 1 aliphatic rings. The summed E-state index contributed by atoms with van der Waals surface area (Å²) in [6, 6.07) is 0. The van der Waals surface area contributed by atoms with Gasteiger partial charge >= 0.3 is 0 Å². The number of hydrogen-bond acceptors (Lipinski definition) is 3. The van der Waals surface area contributed by atoms with Crippen LogP contribution >= 0.6 is 15.9 Å². The number of aromatic nitrogens is 2. The second-order valence-corrected chi connectivity index (χ2v) is 5.46. The zero-order valence-electron chi connectivity index (χ0n) is 9.79. The first-order valence-electron chi connectivity index (χ1n) is 5.56. The standard InChI is InChI=1S/C11H18BrN3O/c1-8-10(12)9(15(2)14-8)6-11(13)4-3-5-16-7-11/h3-7,13H2,1-2H3. The van der Waals surface area contributed by atoms with Crippen LogP contribution in [0.1, 0.15) is 24.2 Å². The van der Waals surface area contributed by atoms with Crippen LogP contribution in [-0.4, -0.2) is 28.5 Å². The minimum Gasteiger partial charge on any atom is -0.380 e. The van der Waals surface area contributed by atoms with Crippen molar-refractivity contribution in [1.29, 1.82) is 0 Å². The summed E-state index contributed by atoms with van der Waals surface area (Å²) in [5.41, 5.74) is 8.29.